The van der Waals surface area contributed by atoms with Crippen LogP contribution in [-0.2, 0) is 16.1 Å². The molecule has 1 heterocycles. The summed E-state index contributed by atoms with van der Waals surface area (Å²) in [6.45, 7) is 0.243. The van der Waals surface area contributed by atoms with Gasteiger partial charge in [-0.2, -0.15) is 0 Å². The van der Waals surface area contributed by atoms with Gasteiger partial charge in [0.15, 0.2) is 0 Å². The van der Waals surface area contributed by atoms with E-state index in [1.54, 1.807) is 0 Å². The Hall–Kier alpha value is -1.96. The molecule has 0 aliphatic carbocycles. The van der Waals surface area contributed by atoms with Crippen molar-refractivity contribution in [2.24, 2.45) is 5.73 Å². The molecule has 0 saturated carbocycles. The largest absolute Gasteiger partial charge is 0.468 e. The summed E-state index contributed by atoms with van der Waals surface area (Å²) in [6.07, 6.45) is 3.04. The molecule has 1 aromatic rings. The molecule has 8 heteroatoms. The zero-order valence-electron chi connectivity index (χ0n) is 8.70. The summed E-state index contributed by atoms with van der Waals surface area (Å²) >= 11 is 0. The first-order valence-electron chi connectivity index (χ1n) is 4.55. The SMILES string of the molecule is COC(=O)C(N)CCn1ccnc1[N+](=O)[O-]. The van der Waals surface area contributed by atoms with Gasteiger partial charge in [-0.15, -0.1) is 0 Å². The number of nitrogens with zero attached hydrogens (tertiary/aromatic N) is 3. The van der Waals surface area contributed by atoms with Gasteiger partial charge >= 0.3 is 11.9 Å². The molecule has 0 radical (unpaired) electrons. The summed E-state index contributed by atoms with van der Waals surface area (Å²) < 4.78 is 5.76. The second kappa shape index (κ2) is 5.21. The van der Waals surface area contributed by atoms with Crippen molar-refractivity contribution in [3.05, 3.63) is 22.5 Å². The molecule has 1 rings (SSSR count). The van der Waals surface area contributed by atoms with Gasteiger partial charge in [0.25, 0.3) is 0 Å². The van der Waals surface area contributed by atoms with Crippen LogP contribution in [0.1, 0.15) is 6.42 Å². The highest BCUT2D eigenvalue weighted by atomic mass is 16.6. The van der Waals surface area contributed by atoms with E-state index in [1.165, 1.54) is 24.1 Å². The molecule has 0 spiro atoms. The van der Waals surface area contributed by atoms with Crippen molar-refractivity contribution < 1.29 is 14.5 Å². The van der Waals surface area contributed by atoms with Gasteiger partial charge in [-0.3, -0.25) is 4.79 Å². The van der Waals surface area contributed by atoms with Crippen LogP contribution in [0.4, 0.5) is 5.95 Å². The van der Waals surface area contributed by atoms with E-state index in [2.05, 4.69) is 9.72 Å². The highest BCUT2D eigenvalue weighted by Crippen LogP contribution is 2.08. The standard InChI is InChI=1S/C8H12N4O4/c1-16-7(13)6(9)2-4-11-5-3-10-8(11)12(14)15/h3,5-6H,2,4,9H2,1H3. The van der Waals surface area contributed by atoms with Crippen LogP contribution in [0.3, 0.4) is 0 Å². The predicted octanol–water partition coefficient (Wildman–Crippen LogP) is -0.318. The Morgan fingerprint density at radius 1 is 1.81 bits per heavy atom. The maximum absolute atomic E-state index is 11.0. The highest BCUT2D eigenvalue weighted by Gasteiger charge is 2.18. The molecule has 0 amide bonds. The topological polar surface area (TPSA) is 113 Å². The number of imidazole rings is 1. The number of methoxy groups -OCH3 is 1. The number of aryl methyl sites for hydroxylation is 1. The van der Waals surface area contributed by atoms with E-state index in [4.69, 9.17) is 5.73 Å². The lowest BCUT2D eigenvalue weighted by Gasteiger charge is -2.08. The van der Waals surface area contributed by atoms with E-state index in [-0.39, 0.29) is 18.9 Å². The summed E-state index contributed by atoms with van der Waals surface area (Å²) in [5, 5.41) is 10.5. The number of nitrogens with two attached hydrogens (primary N) is 1. The maximum atomic E-state index is 11.0. The van der Waals surface area contributed by atoms with Crippen LogP contribution in [0, 0.1) is 10.1 Å². The third-order valence-electron chi connectivity index (χ3n) is 2.04. The summed E-state index contributed by atoms with van der Waals surface area (Å²) in [5.41, 5.74) is 5.49. The molecular formula is C8H12N4O4. The lowest BCUT2D eigenvalue weighted by atomic mass is 10.2. The molecule has 1 unspecified atom stereocenters. The van der Waals surface area contributed by atoms with Gasteiger partial charge in [0.1, 0.15) is 18.4 Å². The van der Waals surface area contributed by atoms with Crippen molar-refractivity contribution in [1.82, 2.24) is 9.55 Å². The first-order valence-corrected chi connectivity index (χ1v) is 4.55. The van der Waals surface area contributed by atoms with E-state index >= 15 is 0 Å². The zero-order valence-corrected chi connectivity index (χ0v) is 8.70. The second-order valence-corrected chi connectivity index (χ2v) is 3.10. The number of hydrogen-bond donors (Lipinski definition) is 1. The van der Waals surface area contributed by atoms with Gasteiger partial charge < -0.3 is 20.6 Å². The first-order chi connectivity index (χ1) is 7.56. The summed E-state index contributed by atoms with van der Waals surface area (Å²) in [5.74, 6) is -0.806. The maximum Gasteiger partial charge on any atom is 0.434 e. The van der Waals surface area contributed by atoms with E-state index in [0.29, 0.717) is 0 Å². The molecule has 0 saturated heterocycles. The van der Waals surface area contributed by atoms with Crippen LogP contribution in [0.25, 0.3) is 0 Å². The van der Waals surface area contributed by atoms with Crippen LogP contribution in [-0.4, -0.2) is 33.6 Å². The monoisotopic (exact) mass is 228 g/mol. The third-order valence-corrected chi connectivity index (χ3v) is 2.04. The number of rotatable bonds is 5. The van der Waals surface area contributed by atoms with E-state index in [1.807, 2.05) is 0 Å². The lowest BCUT2D eigenvalue weighted by Crippen LogP contribution is -2.32. The van der Waals surface area contributed by atoms with Crippen LogP contribution >= 0.6 is 0 Å². The number of nitro groups is 1. The number of carbonyl (C=O) groups is 1. The van der Waals surface area contributed by atoms with E-state index in [0.717, 1.165) is 0 Å². The van der Waals surface area contributed by atoms with Gasteiger partial charge in [-0.1, -0.05) is 4.98 Å². The minimum absolute atomic E-state index is 0.243. The molecule has 8 nitrogen and oxygen atoms in total. The molecule has 0 bridgehead atoms. The number of carbonyl (C=O) groups excluding carboxylic acids is 1. The Labute approximate surface area is 91.2 Å². The number of ether oxygens (including phenoxy) is 1. The minimum Gasteiger partial charge on any atom is -0.468 e. The fourth-order valence-corrected chi connectivity index (χ4v) is 1.20. The summed E-state index contributed by atoms with van der Waals surface area (Å²) in [4.78, 5) is 24.5. The Bertz CT molecular complexity index is 389. The summed E-state index contributed by atoms with van der Waals surface area (Å²) in [7, 11) is 1.24. The van der Waals surface area contributed by atoms with Gasteiger partial charge in [0.05, 0.1) is 13.7 Å². The first kappa shape index (κ1) is 12.1. The Kier molecular flexibility index (Phi) is 3.95. The molecule has 2 N–H and O–H groups in total. The van der Waals surface area contributed by atoms with Gasteiger partial charge in [0, 0.05) is 6.42 Å². The van der Waals surface area contributed by atoms with Crippen molar-refractivity contribution in [3.63, 3.8) is 0 Å². The minimum atomic E-state index is -0.785. The number of esters is 1. The van der Waals surface area contributed by atoms with E-state index in [9.17, 15) is 14.9 Å². The molecule has 1 aromatic heterocycles. The molecule has 1 atom stereocenters. The number of hydrogen-bond acceptors (Lipinski definition) is 6. The Morgan fingerprint density at radius 2 is 2.50 bits per heavy atom. The zero-order chi connectivity index (χ0) is 12.1. The normalized spacial score (nSPS) is 12.1. The second-order valence-electron chi connectivity index (χ2n) is 3.10. The van der Waals surface area contributed by atoms with Gasteiger partial charge in [-0.05, 0) is 4.92 Å². The van der Waals surface area contributed by atoms with Crippen molar-refractivity contribution in [2.45, 2.75) is 19.0 Å². The average molecular weight is 228 g/mol. The fourth-order valence-electron chi connectivity index (χ4n) is 1.20. The average Bonchev–Trinajstić information content (AvgIpc) is 2.72. The van der Waals surface area contributed by atoms with Crippen LogP contribution in [0.2, 0.25) is 0 Å². The highest BCUT2D eigenvalue weighted by molar-refractivity contribution is 5.75. The summed E-state index contributed by atoms with van der Waals surface area (Å²) in [6, 6.07) is -0.785. The number of aromatic nitrogens is 2. The predicted molar refractivity (Wildman–Crippen MR) is 53.5 cm³/mol. The van der Waals surface area contributed by atoms with E-state index < -0.39 is 16.9 Å². The molecule has 0 aliphatic rings. The molecule has 0 aliphatic heterocycles. The molecule has 88 valence electrons. The third kappa shape index (κ3) is 2.76. The Balaban J connectivity index is 2.58. The van der Waals surface area contributed by atoms with Crippen LogP contribution in [0.15, 0.2) is 12.4 Å². The van der Waals surface area contributed by atoms with Crippen molar-refractivity contribution >= 4 is 11.9 Å². The van der Waals surface area contributed by atoms with Gasteiger partial charge in [-0.25, -0.2) is 4.57 Å². The van der Waals surface area contributed by atoms with Crippen molar-refractivity contribution in [1.29, 1.82) is 0 Å². The quantitative estimate of drug-likeness (QED) is 0.419. The van der Waals surface area contributed by atoms with Gasteiger partial charge in [0.2, 0.25) is 0 Å². The van der Waals surface area contributed by atoms with Crippen molar-refractivity contribution in [3.8, 4) is 0 Å². The molecule has 0 aromatic carbocycles. The smallest absolute Gasteiger partial charge is 0.434 e. The molecular weight excluding hydrogens is 216 g/mol. The van der Waals surface area contributed by atoms with Crippen LogP contribution in [0.5, 0.6) is 0 Å². The molecule has 16 heavy (non-hydrogen) atoms. The van der Waals surface area contributed by atoms with Crippen LogP contribution < -0.4 is 5.73 Å². The lowest BCUT2D eigenvalue weighted by molar-refractivity contribution is -0.396. The van der Waals surface area contributed by atoms with Crippen molar-refractivity contribution in [2.75, 3.05) is 7.11 Å². The Morgan fingerprint density at radius 3 is 3.06 bits per heavy atom. The molecule has 0 fully saturated rings. The fraction of sp³-hybridized carbons (Fsp3) is 0.500.